The van der Waals surface area contributed by atoms with Gasteiger partial charge in [-0.3, -0.25) is 4.79 Å². The van der Waals surface area contributed by atoms with Crippen LogP contribution in [0.1, 0.15) is 11.1 Å². The molecule has 0 spiro atoms. The molecule has 1 N–H and O–H groups in total. The van der Waals surface area contributed by atoms with E-state index < -0.39 is 0 Å². The largest absolute Gasteiger partial charge is 0.469 e. The molecule has 20 heavy (non-hydrogen) atoms. The zero-order valence-corrected chi connectivity index (χ0v) is 12.8. The number of hydrogen-bond acceptors (Lipinski definition) is 3. The number of halogens is 1. The average Bonchev–Trinajstić information content (AvgIpc) is 2.46. The molecule has 0 saturated heterocycles. The van der Waals surface area contributed by atoms with E-state index >= 15 is 0 Å². The van der Waals surface area contributed by atoms with Crippen molar-refractivity contribution >= 4 is 27.6 Å². The third-order valence-electron chi connectivity index (χ3n) is 2.99. The van der Waals surface area contributed by atoms with E-state index in [1.54, 1.807) is 0 Å². The van der Waals surface area contributed by atoms with Crippen molar-refractivity contribution in [2.75, 3.05) is 12.4 Å². The molecule has 0 aliphatic carbocycles. The molecule has 4 heteroatoms. The molecule has 0 aliphatic rings. The van der Waals surface area contributed by atoms with E-state index in [4.69, 9.17) is 4.74 Å². The lowest BCUT2D eigenvalue weighted by Crippen LogP contribution is -2.09. The lowest BCUT2D eigenvalue weighted by molar-refractivity contribution is -0.139. The fourth-order valence-corrected chi connectivity index (χ4v) is 2.33. The second-order valence-corrected chi connectivity index (χ2v) is 5.30. The predicted molar refractivity (Wildman–Crippen MR) is 83.6 cm³/mol. The smallest absolute Gasteiger partial charge is 0.309 e. The monoisotopic (exact) mass is 333 g/mol. The van der Waals surface area contributed by atoms with E-state index in [0.717, 1.165) is 21.3 Å². The Kier molecular flexibility index (Phi) is 5.18. The van der Waals surface area contributed by atoms with Gasteiger partial charge in [0.2, 0.25) is 0 Å². The van der Waals surface area contributed by atoms with Gasteiger partial charge in [-0.2, -0.15) is 0 Å². The van der Waals surface area contributed by atoms with Gasteiger partial charge in [-0.05, 0) is 29.3 Å². The van der Waals surface area contributed by atoms with E-state index in [0.29, 0.717) is 13.0 Å². The maximum Gasteiger partial charge on any atom is 0.309 e. The number of ether oxygens (including phenoxy) is 1. The minimum atomic E-state index is -0.222. The lowest BCUT2D eigenvalue weighted by Gasteiger charge is -2.11. The first-order valence-corrected chi connectivity index (χ1v) is 7.11. The summed E-state index contributed by atoms with van der Waals surface area (Å²) in [5.41, 5.74) is 3.12. The standard InChI is InChI=1S/C16H16BrNO2/c1-20-16(19)9-12-5-2-3-6-13(12)11-18-15-8-4-7-14(17)10-15/h2-8,10,18H,9,11H2,1H3. The molecule has 3 nitrogen and oxygen atoms in total. The molecule has 0 unspecified atom stereocenters. The SMILES string of the molecule is COC(=O)Cc1ccccc1CNc1cccc(Br)c1. The first-order chi connectivity index (χ1) is 9.69. The topological polar surface area (TPSA) is 38.3 Å². The molecule has 0 saturated carbocycles. The normalized spacial score (nSPS) is 10.1. The Balaban J connectivity index is 2.07. The van der Waals surface area contributed by atoms with Crippen LogP contribution in [0.15, 0.2) is 53.0 Å². The Hall–Kier alpha value is -1.81. The van der Waals surface area contributed by atoms with Crippen LogP contribution in [-0.4, -0.2) is 13.1 Å². The molecule has 0 amide bonds. The van der Waals surface area contributed by atoms with Gasteiger partial charge < -0.3 is 10.1 Å². The third-order valence-corrected chi connectivity index (χ3v) is 3.48. The summed E-state index contributed by atoms with van der Waals surface area (Å²) in [7, 11) is 1.41. The molecule has 0 fully saturated rings. The van der Waals surface area contributed by atoms with Crippen LogP contribution in [0.2, 0.25) is 0 Å². The number of nitrogens with one attached hydrogen (secondary N) is 1. The van der Waals surface area contributed by atoms with E-state index in [2.05, 4.69) is 21.2 Å². The number of anilines is 1. The molecule has 0 bridgehead atoms. The van der Waals surface area contributed by atoms with Gasteiger partial charge in [-0.25, -0.2) is 0 Å². The highest BCUT2D eigenvalue weighted by atomic mass is 79.9. The second-order valence-electron chi connectivity index (χ2n) is 4.39. The fraction of sp³-hybridized carbons (Fsp3) is 0.188. The molecular weight excluding hydrogens is 318 g/mol. The zero-order chi connectivity index (χ0) is 14.4. The molecule has 2 rings (SSSR count). The van der Waals surface area contributed by atoms with E-state index in [-0.39, 0.29) is 5.97 Å². The van der Waals surface area contributed by atoms with Gasteiger partial charge in [0.05, 0.1) is 13.5 Å². The van der Waals surface area contributed by atoms with Gasteiger partial charge in [0.1, 0.15) is 0 Å². The summed E-state index contributed by atoms with van der Waals surface area (Å²) in [5, 5.41) is 3.35. The van der Waals surface area contributed by atoms with Gasteiger partial charge in [0.25, 0.3) is 0 Å². The first-order valence-electron chi connectivity index (χ1n) is 6.32. The predicted octanol–water partition coefficient (Wildman–Crippen LogP) is 3.78. The molecule has 0 heterocycles. The van der Waals surface area contributed by atoms with Crippen LogP contribution in [0.5, 0.6) is 0 Å². The van der Waals surface area contributed by atoms with E-state index in [1.165, 1.54) is 7.11 Å². The van der Waals surface area contributed by atoms with Crippen molar-refractivity contribution in [1.82, 2.24) is 0 Å². The number of benzene rings is 2. The van der Waals surface area contributed by atoms with Crippen molar-refractivity contribution in [2.24, 2.45) is 0 Å². The number of hydrogen-bond donors (Lipinski definition) is 1. The lowest BCUT2D eigenvalue weighted by atomic mass is 10.0. The summed E-state index contributed by atoms with van der Waals surface area (Å²) in [4.78, 5) is 11.4. The van der Waals surface area contributed by atoms with Crippen LogP contribution in [0, 0.1) is 0 Å². The number of carbonyl (C=O) groups excluding carboxylic acids is 1. The maximum atomic E-state index is 11.4. The number of carbonyl (C=O) groups is 1. The minimum absolute atomic E-state index is 0.222. The first kappa shape index (κ1) is 14.6. The molecule has 0 aliphatic heterocycles. The van der Waals surface area contributed by atoms with Crippen molar-refractivity contribution in [3.8, 4) is 0 Å². The molecule has 0 radical (unpaired) electrons. The van der Waals surface area contributed by atoms with Crippen molar-refractivity contribution < 1.29 is 9.53 Å². The van der Waals surface area contributed by atoms with Gasteiger partial charge in [-0.1, -0.05) is 46.3 Å². The Bertz CT molecular complexity index is 599. The Morgan fingerprint density at radius 3 is 2.60 bits per heavy atom. The Morgan fingerprint density at radius 1 is 1.15 bits per heavy atom. The van der Waals surface area contributed by atoms with Crippen LogP contribution in [0.25, 0.3) is 0 Å². The second kappa shape index (κ2) is 7.10. The van der Waals surface area contributed by atoms with Gasteiger partial charge in [0.15, 0.2) is 0 Å². The summed E-state index contributed by atoms with van der Waals surface area (Å²) in [5.74, 6) is -0.222. The Morgan fingerprint density at radius 2 is 1.90 bits per heavy atom. The fourth-order valence-electron chi connectivity index (χ4n) is 1.93. The molecule has 2 aromatic carbocycles. The quantitative estimate of drug-likeness (QED) is 0.846. The molecule has 0 atom stereocenters. The van der Waals surface area contributed by atoms with Crippen molar-refractivity contribution in [2.45, 2.75) is 13.0 Å². The summed E-state index contributed by atoms with van der Waals surface area (Å²) >= 11 is 3.44. The van der Waals surface area contributed by atoms with Crippen molar-refractivity contribution in [3.63, 3.8) is 0 Å². The van der Waals surface area contributed by atoms with Crippen LogP contribution >= 0.6 is 15.9 Å². The summed E-state index contributed by atoms with van der Waals surface area (Å²) in [6.07, 6.45) is 0.298. The van der Waals surface area contributed by atoms with Crippen molar-refractivity contribution in [1.29, 1.82) is 0 Å². The highest BCUT2D eigenvalue weighted by Gasteiger charge is 2.07. The van der Waals surface area contributed by atoms with E-state index in [9.17, 15) is 4.79 Å². The van der Waals surface area contributed by atoms with Gasteiger partial charge in [0, 0.05) is 16.7 Å². The molecule has 2 aromatic rings. The van der Waals surface area contributed by atoms with Gasteiger partial charge in [-0.15, -0.1) is 0 Å². The van der Waals surface area contributed by atoms with Crippen molar-refractivity contribution in [3.05, 3.63) is 64.1 Å². The van der Waals surface area contributed by atoms with Crippen LogP contribution < -0.4 is 5.32 Å². The highest BCUT2D eigenvalue weighted by Crippen LogP contribution is 2.17. The number of methoxy groups -OCH3 is 1. The Labute approximate surface area is 127 Å². The summed E-state index contributed by atoms with van der Waals surface area (Å²) in [6.45, 7) is 0.670. The average molecular weight is 334 g/mol. The zero-order valence-electron chi connectivity index (χ0n) is 11.2. The van der Waals surface area contributed by atoms with Crippen LogP contribution in [-0.2, 0) is 22.5 Å². The number of rotatable bonds is 5. The van der Waals surface area contributed by atoms with E-state index in [1.807, 2.05) is 48.5 Å². The number of esters is 1. The van der Waals surface area contributed by atoms with Crippen LogP contribution in [0.3, 0.4) is 0 Å². The minimum Gasteiger partial charge on any atom is -0.469 e. The maximum absolute atomic E-state index is 11.4. The van der Waals surface area contributed by atoms with Crippen LogP contribution in [0.4, 0.5) is 5.69 Å². The third kappa shape index (κ3) is 4.10. The summed E-state index contributed by atoms with van der Waals surface area (Å²) in [6, 6.07) is 15.9. The summed E-state index contributed by atoms with van der Waals surface area (Å²) < 4.78 is 5.75. The molecule has 0 aromatic heterocycles. The molecular formula is C16H16BrNO2. The van der Waals surface area contributed by atoms with Gasteiger partial charge >= 0.3 is 5.97 Å². The highest BCUT2D eigenvalue weighted by molar-refractivity contribution is 9.10. The molecule has 104 valence electrons.